The zero-order valence-electron chi connectivity index (χ0n) is 23.0. The molecule has 5 unspecified atom stereocenters. The Balaban J connectivity index is 1.51. The van der Waals surface area contributed by atoms with E-state index in [4.69, 9.17) is 0 Å². The van der Waals surface area contributed by atoms with Gasteiger partial charge in [0.25, 0.3) is 0 Å². The number of aromatic nitrogens is 1. The van der Waals surface area contributed by atoms with Crippen molar-refractivity contribution in [3.63, 3.8) is 0 Å². The molecule has 0 spiro atoms. The molecule has 2 aliphatic rings. The SMILES string of the molecule is CNC(C)C(=O)NC(C(=O)CS(=O)(=O)N1CCC2NCC(C(=O)Nc3cccc4cnccc34)C21)C(C)(C)C. The van der Waals surface area contributed by atoms with E-state index in [1.165, 1.54) is 4.31 Å². The molecule has 2 saturated heterocycles. The average Bonchev–Trinajstić information content (AvgIpc) is 3.48. The van der Waals surface area contributed by atoms with Gasteiger partial charge in [0.2, 0.25) is 21.8 Å². The molecule has 12 heteroatoms. The number of carbonyl (C=O) groups excluding carboxylic acids is 3. The van der Waals surface area contributed by atoms with Crippen LogP contribution in [0.4, 0.5) is 5.69 Å². The molecular formula is C27H38N6O5S. The molecule has 2 aliphatic heterocycles. The summed E-state index contributed by atoms with van der Waals surface area (Å²) in [5.41, 5.74) is -0.0697. The molecule has 2 fully saturated rings. The highest BCUT2D eigenvalue weighted by molar-refractivity contribution is 7.89. The zero-order valence-corrected chi connectivity index (χ0v) is 23.8. The molecule has 4 N–H and O–H groups in total. The van der Waals surface area contributed by atoms with Crippen molar-refractivity contribution in [1.82, 2.24) is 25.2 Å². The Morgan fingerprint density at radius 3 is 2.64 bits per heavy atom. The zero-order chi connectivity index (χ0) is 28.5. The number of nitrogens with zero attached hydrogens (tertiary/aromatic N) is 2. The minimum atomic E-state index is -4.07. The van der Waals surface area contributed by atoms with Crippen molar-refractivity contribution in [2.24, 2.45) is 11.3 Å². The van der Waals surface area contributed by atoms with Crippen molar-refractivity contribution in [3.8, 4) is 0 Å². The lowest BCUT2D eigenvalue weighted by Crippen LogP contribution is -2.56. The summed E-state index contributed by atoms with van der Waals surface area (Å²) in [5, 5.41) is 13.5. The molecule has 11 nitrogen and oxygen atoms in total. The van der Waals surface area contributed by atoms with Gasteiger partial charge in [-0.2, -0.15) is 4.31 Å². The van der Waals surface area contributed by atoms with E-state index in [-0.39, 0.29) is 24.4 Å². The smallest absolute Gasteiger partial charge is 0.237 e. The highest BCUT2D eigenvalue weighted by atomic mass is 32.2. The molecule has 2 amide bonds. The lowest BCUT2D eigenvalue weighted by Gasteiger charge is -2.32. The fraction of sp³-hybridized carbons (Fsp3) is 0.556. The number of anilines is 1. The van der Waals surface area contributed by atoms with Gasteiger partial charge >= 0.3 is 0 Å². The van der Waals surface area contributed by atoms with Crippen LogP contribution in [0.15, 0.2) is 36.7 Å². The first-order chi connectivity index (χ1) is 18.3. The first-order valence-corrected chi connectivity index (χ1v) is 14.8. The van der Waals surface area contributed by atoms with E-state index < -0.39 is 51.0 Å². The van der Waals surface area contributed by atoms with Gasteiger partial charge < -0.3 is 21.3 Å². The van der Waals surface area contributed by atoms with Crippen LogP contribution in [0.3, 0.4) is 0 Å². The van der Waals surface area contributed by atoms with Gasteiger partial charge in [-0.05, 0) is 37.9 Å². The largest absolute Gasteiger partial charge is 0.344 e. The first-order valence-electron chi connectivity index (χ1n) is 13.2. The quantitative estimate of drug-likeness (QED) is 0.354. The van der Waals surface area contributed by atoms with E-state index in [0.29, 0.717) is 18.7 Å². The third kappa shape index (κ3) is 6.13. The van der Waals surface area contributed by atoms with Crippen LogP contribution < -0.4 is 21.3 Å². The molecule has 0 aliphatic carbocycles. The Morgan fingerprint density at radius 2 is 1.95 bits per heavy atom. The van der Waals surface area contributed by atoms with Gasteiger partial charge in [-0.25, -0.2) is 8.42 Å². The number of hydrogen-bond acceptors (Lipinski definition) is 8. The van der Waals surface area contributed by atoms with E-state index >= 15 is 0 Å². The standard InChI is InChI=1S/C27H38N6O5S/c1-16(28-5)25(35)32-24(27(2,3)4)22(34)15-39(37,38)33-12-10-21-23(33)19(14-30-21)26(36)31-20-8-6-7-17-13-29-11-9-18(17)20/h6-9,11,13,16,19,21,23-24,28,30H,10,12,14-15H2,1-5H3,(H,31,36)(H,32,35). The summed E-state index contributed by atoms with van der Waals surface area (Å²) in [6, 6.07) is 5.03. The van der Waals surface area contributed by atoms with E-state index in [9.17, 15) is 22.8 Å². The van der Waals surface area contributed by atoms with E-state index in [0.717, 1.165) is 10.8 Å². The van der Waals surface area contributed by atoms with Crippen LogP contribution in [0.2, 0.25) is 0 Å². The van der Waals surface area contributed by atoms with Gasteiger partial charge in [-0.1, -0.05) is 32.9 Å². The maximum Gasteiger partial charge on any atom is 0.237 e. The summed E-state index contributed by atoms with van der Waals surface area (Å²) in [4.78, 5) is 43.4. The molecular weight excluding hydrogens is 520 g/mol. The van der Waals surface area contributed by atoms with Crippen molar-refractivity contribution in [1.29, 1.82) is 0 Å². The summed E-state index contributed by atoms with van der Waals surface area (Å²) >= 11 is 0. The molecule has 4 rings (SSSR count). The predicted octanol–water partition coefficient (Wildman–Crippen LogP) is 0.873. The van der Waals surface area contributed by atoms with Crippen molar-refractivity contribution < 1.29 is 22.8 Å². The van der Waals surface area contributed by atoms with Gasteiger partial charge in [0.05, 0.1) is 24.0 Å². The normalized spacial score (nSPS) is 23.3. The van der Waals surface area contributed by atoms with E-state index in [1.807, 2.05) is 18.2 Å². The minimum absolute atomic E-state index is 0.183. The van der Waals surface area contributed by atoms with Crippen LogP contribution >= 0.6 is 0 Å². The van der Waals surface area contributed by atoms with Crippen LogP contribution in [0.1, 0.15) is 34.1 Å². The maximum atomic E-state index is 13.6. The number of Topliss-reactive ketones (excluding diaryl/α,β-unsaturated/α-hetero) is 1. The molecule has 0 saturated carbocycles. The number of rotatable bonds is 9. The Labute approximate surface area is 229 Å². The fourth-order valence-electron chi connectivity index (χ4n) is 5.44. The molecule has 1 aromatic carbocycles. The van der Waals surface area contributed by atoms with Crippen molar-refractivity contribution in [2.45, 2.75) is 58.3 Å². The second-order valence-corrected chi connectivity index (χ2v) is 13.4. The van der Waals surface area contributed by atoms with E-state index in [2.05, 4.69) is 26.3 Å². The lowest BCUT2D eigenvalue weighted by atomic mass is 9.84. The second kappa shape index (κ2) is 11.3. The highest BCUT2D eigenvalue weighted by Crippen LogP contribution is 2.34. The van der Waals surface area contributed by atoms with Crippen LogP contribution in [-0.4, -0.2) is 85.4 Å². The van der Waals surface area contributed by atoms with Gasteiger partial charge in [0.15, 0.2) is 5.78 Å². The predicted molar refractivity (Wildman–Crippen MR) is 149 cm³/mol. The van der Waals surface area contributed by atoms with Gasteiger partial charge in [-0.3, -0.25) is 19.4 Å². The second-order valence-electron chi connectivity index (χ2n) is 11.4. The Bertz CT molecular complexity index is 1350. The average molecular weight is 559 g/mol. The molecule has 0 bridgehead atoms. The maximum absolute atomic E-state index is 13.6. The summed E-state index contributed by atoms with van der Waals surface area (Å²) in [6.45, 7) is 7.55. The Kier molecular flexibility index (Phi) is 8.41. The molecule has 2 aromatic rings. The molecule has 3 heterocycles. The number of likely N-dealkylation sites (N-methyl/N-ethyl adjacent to an activating group) is 1. The molecule has 39 heavy (non-hydrogen) atoms. The Hall–Kier alpha value is -2.93. The number of benzene rings is 1. The third-order valence-corrected chi connectivity index (χ3v) is 9.47. The van der Waals surface area contributed by atoms with Crippen LogP contribution in [-0.2, 0) is 24.4 Å². The third-order valence-electron chi connectivity index (χ3n) is 7.68. The van der Waals surface area contributed by atoms with Gasteiger partial charge in [-0.15, -0.1) is 0 Å². The van der Waals surface area contributed by atoms with Crippen LogP contribution in [0.5, 0.6) is 0 Å². The number of hydrogen-bond donors (Lipinski definition) is 4. The fourth-order valence-corrected chi connectivity index (χ4v) is 7.18. The summed E-state index contributed by atoms with van der Waals surface area (Å²) in [6.07, 6.45) is 3.91. The van der Waals surface area contributed by atoms with Crippen molar-refractivity contribution in [2.75, 3.05) is 31.2 Å². The molecule has 5 atom stereocenters. The Morgan fingerprint density at radius 1 is 1.21 bits per heavy atom. The number of sulfonamides is 1. The summed E-state index contributed by atoms with van der Waals surface area (Å²) in [7, 11) is -2.43. The van der Waals surface area contributed by atoms with E-state index in [1.54, 1.807) is 53.2 Å². The number of carbonyl (C=O) groups is 3. The number of pyridine rings is 1. The first kappa shape index (κ1) is 29.1. The van der Waals surface area contributed by atoms with Crippen molar-refractivity contribution in [3.05, 3.63) is 36.7 Å². The topological polar surface area (TPSA) is 150 Å². The summed E-state index contributed by atoms with van der Waals surface area (Å²) in [5.74, 6) is -2.64. The van der Waals surface area contributed by atoms with Crippen LogP contribution in [0.25, 0.3) is 10.8 Å². The van der Waals surface area contributed by atoms with Crippen LogP contribution in [0, 0.1) is 11.3 Å². The van der Waals surface area contributed by atoms with Gasteiger partial charge in [0, 0.05) is 48.0 Å². The van der Waals surface area contributed by atoms with Crippen molar-refractivity contribution >= 4 is 44.1 Å². The number of fused-ring (bicyclic) bond motifs is 2. The molecule has 212 valence electrons. The molecule has 0 radical (unpaired) electrons. The number of ketones is 1. The summed E-state index contributed by atoms with van der Waals surface area (Å²) < 4.78 is 28.5. The highest BCUT2D eigenvalue weighted by Gasteiger charge is 2.51. The van der Waals surface area contributed by atoms with Gasteiger partial charge in [0.1, 0.15) is 5.75 Å². The minimum Gasteiger partial charge on any atom is -0.344 e. The number of amides is 2. The molecule has 1 aromatic heterocycles. The number of nitrogens with one attached hydrogen (secondary N) is 4. The monoisotopic (exact) mass is 558 g/mol. The lowest BCUT2D eigenvalue weighted by molar-refractivity contribution is -0.129.